The van der Waals surface area contributed by atoms with Crippen LogP contribution in [0.4, 0.5) is 33.3 Å². The van der Waals surface area contributed by atoms with Gasteiger partial charge in [0.1, 0.15) is 5.82 Å². The standard InChI is InChI=1S/C23H23ClN6.C17H18ClN5.C6H4FNO2/c24-20-13-27-23(29-22(20)19-12-26-21-6-2-1-5-18(19)21)28-16-4-3-11-30(14-16)17-9-7-15(25)8-10-17;18-14-10-21-17(22-11-4-3-7-19-8-11)23-16(14)13-9-20-15-6-2-1-5-12(13)15;7-5-1-3-6(4-2-5)8(9)10/h1-2,5-10,12-13,16,26H,3-4,11,14,25H2,(H,27,28,29);1-2,5-6,9-11,19-20H,3-4,7-8H2,(H,21,22,23);1-4H/t16-;11-;/m11./s1. The van der Waals surface area contributed by atoms with Crippen LogP contribution in [0.5, 0.6) is 0 Å². The summed E-state index contributed by atoms with van der Waals surface area (Å²) in [7, 11) is 0. The lowest BCUT2D eigenvalue weighted by atomic mass is 10.0. The summed E-state index contributed by atoms with van der Waals surface area (Å²) in [5.41, 5.74) is 13.3. The molecule has 0 amide bonds. The molecule has 6 heterocycles. The first-order chi connectivity index (χ1) is 30.7. The van der Waals surface area contributed by atoms with Crippen molar-refractivity contribution in [1.82, 2.24) is 35.2 Å². The fourth-order valence-electron chi connectivity index (χ4n) is 7.70. The Hall–Kier alpha value is -6.81. The fourth-order valence-corrected chi connectivity index (χ4v) is 8.09. The minimum Gasteiger partial charge on any atom is -0.399 e. The molecule has 0 radical (unpaired) electrons. The summed E-state index contributed by atoms with van der Waals surface area (Å²) in [5, 5.41) is 23.6. The number of H-pyrrole nitrogens is 2. The van der Waals surface area contributed by atoms with Crippen LogP contribution in [-0.4, -0.2) is 73.1 Å². The zero-order chi connectivity index (χ0) is 43.7. The quantitative estimate of drug-likeness (QED) is 0.0483. The number of para-hydroxylation sites is 2. The van der Waals surface area contributed by atoms with E-state index in [0.717, 1.165) is 120 Å². The van der Waals surface area contributed by atoms with E-state index in [1.807, 2.05) is 60.9 Å². The van der Waals surface area contributed by atoms with Gasteiger partial charge in [-0.2, -0.15) is 0 Å². The Labute approximate surface area is 372 Å². The maximum Gasteiger partial charge on any atom is 0.269 e. The number of anilines is 4. The topological polar surface area (TPSA) is 192 Å². The highest BCUT2D eigenvalue weighted by Crippen LogP contribution is 2.34. The van der Waals surface area contributed by atoms with Gasteiger partial charge in [-0.1, -0.05) is 59.6 Å². The summed E-state index contributed by atoms with van der Waals surface area (Å²) in [6.07, 6.45) is 11.7. The molecular formula is C46H45Cl2FN12O2. The number of halogens is 3. The van der Waals surface area contributed by atoms with Gasteiger partial charge >= 0.3 is 0 Å². The Morgan fingerprint density at radius 1 is 0.746 bits per heavy atom. The molecule has 8 aromatic rings. The Bertz CT molecular complexity index is 2800. The van der Waals surface area contributed by atoms with E-state index in [1.165, 1.54) is 12.1 Å². The second-order valence-electron chi connectivity index (χ2n) is 15.2. The van der Waals surface area contributed by atoms with E-state index in [4.69, 9.17) is 33.9 Å². The monoisotopic (exact) mass is 886 g/mol. The van der Waals surface area contributed by atoms with Gasteiger partial charge in [-0.3, -0.25) is 10.1 Å². The highest BCUT2D eigenvalue weighted by molar-refractivity contribution is 6.33. The van der Waals surface area contributed by atoms with Crippen molar-refractivity contribution in [2.45, 2.75) is 37.8 Å². The number of nitro benzene ring substituents is 1. The summed E-state index contributed by atoms with van der Waals surface area (Å²) < 4.78 is 12.1. The first kappa shape index (κ1) is 42.9. The first-order valence-corrected chi connectivity index (χ1v) is 21.4. The Balaban J connectivity index is 0.000000145. The lowest BCUT2D eigenvalue weighted by Gasteiger charge is -2.34. The number of non-ortho nitro benzene ring substituents is 1. The lowest BCUT2D eigenvalue weighted by molar-refractivity contribution is -0.384. The number of nitro groups is 1. The molecule has 7 N–H and O–H groups in total. The van der Waals surface area contributed by atoms with Crippen LogP contribution < -0.4 is 26.6 Å². The van der Waals surface area contributed by atoms with Gasteiger partial charge in [0.25, 0.3) is 5.69 Å². The minimum atomic E-state index is -0.570. The maximum atomic E-state index is 12.1. The van der Waals surface area contributed by atoms with Crippen molar-refractivity contribution in [3.8, 4) is 22.5 Å². The number of piperidine rings is 2. The molecule has 0 unspecified atom stereocenters. The van der Waals surface area contributed by atoms with E-state index in [2.05, 4.69) is 70.0 Å². The molecule has 0 aliphatic carbocycles. The van der Waals surface area contributed by atoms with Crippen LogP contribution >= 0.6 is 23.2 Å². The molecule has 2 atom stereocenters. The molecule has 17 heteroatoms. The number of rotatable bonds is 8. The molecule has 2 aliphatic heterocycles. The molecule has 0 spiro atoms. The second-order valence-corrected chi connectivity index (χ2v) is 16.0. The van der Waals surface area contributed by atoms with Gasteiger partial charge < -0.3 is 36.6 Å². The lowest BCUT2D eigenvalue weighted by Crippen LogP contribution is -2.42. The average molecular weight is 888 g/mol. The predicted octanol–water partition coefficient (Wildman–Crippen LogP) is 10.1. The molecule has 2 fully saturated rings. The number of nitrogens with two attached hydrogens (primary N) is 1. The van der Waals surface area contributed by atoms with E-state index >= 15 is 0 Å². The number of benzene rings is 4. The molecule has 2 saturated heterocycles. The zero-order valence-corrected chi connectivity index (χ0v) is 35.6. The number of hydrogen-bond acceptors (Lipinski definition) is 11. The van der Waals surface area contributed by atoms with Crippen molar-refractivity contribution in [3.05, 3.63) is 148 Å². The van der Waals surface area contributed by atoms with Crippen LogP contribution in [0, 0.1) is 15.9 Å². The van der Waals surface area contributed by atoms with Crippen LogP contribution in [0.25, 0.3) is 44.3 Å². The molecule has 0 saturated carbocycles. The van der Waals surface area contributed by atoms with Gasteiger partial charge in [-0.05, 0) is 80.8 Å². The number of nitrogens with one attached hydrogen (secondary N) is 5. The SMILES string of the molecule is Clc1cnc(N[C@@H]2CCCNC2)nc1-c1c[nH]c2ccccc12.Nc1ccc(N2CCC[C@@H](Nc3ncc(Cl)c(-c4c[nH]c5ccccc45)n3)C2)cc1.O=[N+]([O-])c1ccc(F)cc1. The molecule has 14 nitrogen and oxygen atoms in total. The minimum absolute atomic E-state index is 0.0959. The maximum absolute atomic E-state index is 12.1. The van der Waals surface area contributed by atoms with E-state index in [9.17, 15) is 14.5 Å². The highest BCUT2D eigenvalue weighted by Gasteiger charge is 2.22. The van der Waals surface area contributed by atoms with Crippen molar-refractivity contribution < 1.29 is 9.31 Å². The van der Waals surface area contributed by atoms with Gasteiger partial charge in [0.2, 0.25) is 11.9 Å². The second kappa shape index (κ2) is 19.9. The summed E-state index contributed by atoms with van der Waals surface area (Å²) in [6, 6.07) is 29.3. The number of aromatic amines is 2. The van der Waals surface area contributed by atoms with Crippen LogP contribution in [0.15, 0.2) is 122 Å². The Morgan fingerprint density at radius 3 is 1.86 bits per heavy atom. The zero-order valence-electron chi connectivity index (χ0n) is 34.1. The van der Waals surface area contributed by atoms with E-state index in [1.54, 1.807) is 12.4 Å². The number of fused-ring (bicyclic) bond motifs is 2. The number of nitrogen functional groups attached to an aromatic ring is 1. The van der Waals surface area contributed by atoms with Crippen LogP contribution in [0.3, 0.4) is 0 Å². The smallest absolute Gasteiger partial charge is 0.269 e. The molecule has 4 aromatic heterocycles. The summed E-state index contributed by atoms with van der Waals surface area (Å²) in [5.74, 6) is 0.762. The van der Waals surface area contributed by atoms with Gasteiger partial charge in [0, 0.05) is 101 Å². The van der Waals surface area contributed by atoms with Crippen molar-refractivity contribution in [2.75, 3.05) is 47.4 Å². The van der Waals surface area contributed by atoms with Gasteiger partial charge in [-0.25, -0.2) is 24.3 Å². The number of aromatic nitrogens is 6. The predicted molar refractivity (Wildman–Crippen MR) is 251 cm³/mol. The van der Waals surface area contributed by atoms with Gasteiger partial charge in [-0.15, -0.1) is 0 Å². The molecule has 0 bridgehead atoms. The van der Waals surface area contributed by atoms with E-state index < -0.39 is 10.7 Å². The van der Waals surface area contributed by atoms with Crippen LogP contribution in [0.2, 0.25) is 10.0 Å². The normalized spacial score (nSPS) is 16.1. The van der Waals surface area contributed by atoms with Gasteiger partial charge in [0.05, 0.1) is 38.8 Å². The molecule has 10 rings (SSSR count). The Kier molecular flexibility index (Phi) is 13.6. The van der Waals surface area contributed by atoms with Crippen molar-refractivity contribution >= 4 is 74.0 Å². The van der Waals surface area contributed by atoms with Crippen LogP contribution in [0.1, 0.15) is 25.7 Å². The number of hydrogen-bond donors (Lipinski definition) is 6. The molecule has 63 heavy (non-hydrogen) atoms. The summed E-state index contributed by atoms with van der Waals surface area (Å²) in [6.45, 7) is 3.94. The summed E-state index contributed by atoms with van der Waals surface area (Å²) >= 11 is 12.8. The van der Waals surface area contributed by atoms with Crippen LogP contribution in [-0.2, 0) is 0 Å². The van der Waals surface area contributed by atoms with Crippen molar-refractivity contribution in [3.63, 3.8) is 0 Å². The molecule has 322 valence electrons. The number of nitrogens with zero attached hydrogens (tertiary/aromatic N) is 6. The third-order valence-electron chi connectivity index (χ3n) is 10.9. The fraction of sp³-hybridized carbons (Fsp3) is 0.217. The third kappa shape index (κ3) is 10.6. The average Bonchev–Trinajstić information content (AvgIpc) is 3.94. The molecule has 2 aliphatic rings. The van der Waals surface area contributed by atoms with E-state index in [-0.39, 0.29) is 11.7 Å². The molecule has 4 aromatic carbocycles. The Morgan fingerprint density at radius 2 is 1.30 bits per heavy atom. The van der Waals surface area contributed by atoms with Crippen molar-refractivity contribution in [2.24, 2.45) is 0 Å². The van der Waals surface area contributed by atoms with Crippen molar-refractivity contribution in [1.29, 1.82) is 0 Å². The highest BCUT2D eigenvalue weighted by atomic mass is 35.5. The van der Waals surface area contributed by atoms with Gasteiger partial charge in [0.15, 0.2) is 0 Å². The summed E-state index contributed by atoms with van der Waals surface area (Å²) in [4.78, 5) is 36.5. The molecular weight excluding hydrogens is 842 g/mol. The first-order valence-electron chi connectivity index (χ1n) is 20.6. The third-order valence-corrected chi connectivity index (χ3v) is 11.4. The largest absolute Gasteiger partial charge is 0.399 e. The van der Waals surface area contributed by atoms with E-state index in [0.29, 0.717) is 28.0 Å².